The van der Waals surface area contributed by atoms with E-state index in [0.717, 1.165) is 0 Å². The van der Waals surface area contributed by atoms with Crippen molar-refractivity contribution >= 4 is 34.7 Å². The first-order valence-electron chi connectivity index (χ1n) is 5.44. The topological polar surface area (TPSA) is 84.7 Å². The molecule has 0 bridgehead atoms. The zero-order valence-corrected chi connectivity index (χ0v) is 11.5. The number of rotatable bonds is 4. The molecule has 1 rings (SSSR count). The molecule has 0 fully saturated rings. The summed E-state index contributed by atoms with van der Waals surface area (Å²) < 4.78 is 5.13. The van der Waals surface area contributed by atoms with Gasteiger partial charge >= 0.3 is 11.8 Å². The maximum Gasteiger partial charge on any atom is 0.316 e. The van der Waals surface area contributed by atoms with Gasteiger partial charge in [0.15, 0.2) is 0 Å². The summed E-state index contributed by atoms with van der Waals surface area (Å²) in [5, 5.41) is 2.33. The van der Waals surface area contributed by atoms with Gasteiger partial charge in [-0.2, -0.15) is 0 Å². The van der Waals surface area contributed by atoms with Gasteiger partial charge in [0.1, 0.15) is 5.75 Å². The van der Waals surface area contributed by atoms with E-state index < -0.39 is 11.8 Å². The Morgan fingerprint density at radius 2 is 2.05 bits per heavy atom. The van der Waals surface area contributed by atoms with Gasteiger partial charge in [-0.15, -0.1) is 0 Å². The molecule has 0 saturated heterocycles. The maximum atomic E-state index is 11.9. The smallest absolute Gasteiger partial charge is 0.316 e. The highest BCUT2D eigenvalue weighted by Crippen LogP contribution is 2.26. The number of nitrogens with zero attached hydrogens (tertiary/aromatic N) is 1. The fraction of sp³-hybridized carbons (Fsp3) is 0.250. The third kappa shape index (κ3) is 3.92. The number of carbonyl (C=O) groups excluding carboxylic acids is 2. The van der Waals surface area contributed by atoms with E-state index in [1.54, 1.807) is 24.3 Å². The van der Waals surface area contributed by atoms with Gasteiger partial charge in [0.25, 0.3) is 0 Å². The standard InChI is InChI=1S/C12H15N3O3S/c1-15(8-5-3-4-6-9(8)18-2)12(17)11(16)14-7-10(13)19/h3-6H,7H2,1-2H3,(H2,13,19)(H,14,16). The SMILES string of the molecule is COc1ccccc1N(C)C(=O)C(=O)NCC(N)=S. The van der Waals surface area contributed by atoms with Crippen molar-refractivity contribution in [1.82, 2.24) is 5.32 Å². The van der Waals surface area contributed by atoms with Gasteiger partial charge in [-0.05, 0) is 12.1 Å². The van der Waals surface area contributed by atoms with Crippen molar-refractivity contribution < 1.29 is 14.3 Å². The summed E-state index contributed by atoms with van der Waals surface area (Å²) in [6.07, 6.45) is 0. The molecule has 7 heteroatoms. The summed E-state index contributed by atoms with van der Waals surface area (Å²) in [4.78, 5) is 24.8. The lowest BCUT2D eigenvalue weighted by atomic mass is 10.2. The van der Waals surface area contributed by atoms with Crippen LogP contribution in [0.2, 0.25) is 0 Å². The van der Waals surface area contributed by atoms with Crippen molar-refractivity contribution in [2.75, 3.05) is 25.6 Å². The number of benzene rings is 1. The number of para-hydroxylation sites is 2. The minimum atomic E-state index is -0.777. The van der Waals surface area contributed by atoms with Crippen LogP contribution in [0.5, 0.6) is 5.75 Å². The van der Waals surface area contributed by atoms with Gasteiger partial charge in [0.05, 0.1) is 24.3 Å². The molecule has 6 nitrogen and oxygen atoms in total. The van der Waals surface area contributed by atoms with E-state index >= 15 is 0 Å². The number of methoxy groups -OCH3 is 1. The van der Waals surface area contributed by atoms with E-state index in [0.29, 0.717) is 11.4 Å². The highest BCUT2D eigenvalue weighted by Gasteiger charge is 2.21. The van der Waals surface area contributed by atoms with Gasteiger partial charge in [0, 0.05) is 7.05 Å². The fourth-order valence-electron chi connectivity index (χ4n) is 1.41. The molecule has 1 aromatic rings. The maximum absolute atomic E-state index is 11.9. The zero-order chi connectivity index (χ0) is 14.4. The van der Waals surface area contributed by atoms with Crippen molar-refractivity contribution in [3.63, 3.8) is 0 Å². The van der Waals surface area contributed by atoms with Gasteiger partial charge in [-0.3, -0.25) is 9.59 Å². The summed E-state index contributed by atoms with van der Waals surface area (Å²) in [6, 6.07) is 6.89. The van der Waals surface area contributed by atoms with Crippen LogP contribution >= 0.6 is 12.2 Å². The van der Waals surface area contributed by atoms with Crippen LogP contribution in [0.3, 0.4) is 0 Å². The predicted molar refractivity (Wildman–Crippen MR) is 76.2 cm³/mol. The Balaban J connectivity index is 2.81. The molecule has 0 aliphatic heterocycles. The third-order valence-corrected chi connectivity index (χ3v) is 2.51. The van der Waals surface area contributed by atoms with Crippen LogP contribution in [0, 0.1) is 0 Å². The van der Waals surface area contributed by atoms with Crippen LogP contribution in [-0.2, 0) is 9.59 Å². The van der Waals surface area contributed by atoms with E-state index in [2.05, 4.69) is 17.5 Å². The fourth-order valence-corrected chi connectivity index (χ4v) is 1.48. The van der Waals surface area contributed by atoms with Crippen LogP contribution in [0.4, 0.5) is 5.69 Å². The lowest BCUT2D eigenvalue weighted by Crippen LogP contribution is -2.43. The third-order valence-electron chi connectivity index (χ3n) is 2.37. The number of hydrogen-bond acceptors (Lipinski definition) is 4. The summed E-state index contributed by atoms with van der Waals surface area (Å²) in [5.41, 5.74) is 5.75. The lowest BCUT2D eigenvalue weighted by Gasteiger charge is -2.19. The first-order valence-corrected chi connectivity index (χ1v) is 5.85. The number of likely N-dealkylation sites (N-methyl/N-ethyl adjacent to an activating group) is 1. The molecular weight excluding hydrogens is 266 g/mol. The number of nitrogens with two attached hydrogens (primary N) is 1. The Kier molecular flexibility index (Phi) is 5.25. The number of amides is 2. The van der Waals surface area contributed by atoms with Crippen LogP contribution in [0.1, 0.15) is 0 Å². The van der Waals surface area contributed by atoms with Crippen molar-refractivity contribution in [3.05, 3.63) is 24.3 Å². The highest BCUT2D eigenvalue weighted by atomic mass is 32.1. The van der Waals surface area contributed by atoms with Crippen LogP contribution in [-0.4, -0.2) is 37.5 Å². The molecule has 0 heterocycles. The summed E-state index contributed by atoms with van der Waals surface area (Å²) in [7, 11) is 2.98. The number of thiocarbonyl (C=S) groups is 1. The van der Waals surface area contributed by atoms with Gasteiger partial charge in [-0.25, -0.2) is 0 Å². The van der Waals surface area contributed by atoms with Gasteiger partial charge < -0.3 is 20.7 Å². The number of hydrogen-bond donors (Lipinski definition) is 2. The molecule has 102 valence electrons. The molecule has 0 aliphatic carbocycles. The largest absolute Gasteiger partial charge is 0.495 e. The van der Waals surface area contributed by atoms with Gasteiger partial charge in [0.2, 0.25) is 0 Å². The molecule has 0 spiro atoms. The Labute approximate surface area is 116 Å². The van der Waals surface area contributed by atoms with E-state index in [-0.39, 0.29) is 11.5 Å². The van der Waals surface area contributed by atoms with Crippen LogP contribution < -0.4 is 20.7 Å². The van der Waals surface area contributed by atoms with Crippen molar-refractivity contribution in [3.8, 4) is 5.75 Å². The Hall–Kier alpha value is -2.15. The minimum Gasteiger partial charge on any atom is -0.495 e. The average Bonchev–Trinajstić information content (AvgIpc) is 2.42. The minimum absolute atomic E-state index is 0.0142. The number of ether oxygens (including phenoxy) is 1. The van der Waals surface area contributed by atoms with Gasteiger partial charge in [-0.1, -0.05) is 24.4 Å². The van der Waals surface area contributed by atoms with Crippen molar-refractivity contribution in [2.24, 2.45) is 5.73 Å². The molecular formula is C12H15N3O3S. The second-order valence-electron chi connectivity index (χ2n) is 3.69. The van der Waals surface area contributed by atoms with Crippen LogP contribution in [0.15, 0.2) is 24.3 Å². The predicted octanol–water partition coefficient (Wildman–Crippen LogP) is 0.0603. The summed E-state index contributed by atoms with van der Waals surface area (Å²) in [6.45, 7) is -0.0142. The first kappa shape index (κ1) is 14.9. The zero-order valence-electron chi connectivity index (χ0n) is 10.7. The monoisotopic (exact) mass is 281 g/mol. The molecule has 0 aromatic heterocycles. The molecule has 19 heavy (non-hydrogen) atoms. The Bertz CT molecular complexity index is 505. The molecule has 3 N–H and O–H groups in total. The molecule has 2 amide bonds. The molecule has 0 saturated carbocycles. The first-order chi connectivity index (χ1) is 8.97. The molecule has 0 aliphatic rings. The normalized spacial score (nSPS) is 9.58. The van der Waals surface area contributed by atoms with Crippen LogP contribution in [0.25, 0.3) is 0 Å². The summed E-state index contributed by atoms with van der Waals surface area (Å²) in [5.74, 6) is -0.998. The number of carbonyl (C=O) groups is 2. The molecule has 0 atom stereocenters. The quantitative estimate of drug-likeness (QED) is 0.602. The van der Waals surface area contributed by atoms with E-state index in [4.69, 9.17) is 10.5 Å². The van der Waals surface area contributed by atoms with E-state index in [1.807, 2.05) is 0 Å². The van der Waals surface area contributed by atoms with E-state index in [1.165, 1.54) is 19.1 Å². The van der Waals surface area contributed by atoms with Crippen molar-refractivity contribution in [2.45, 2.75) is 0 Å². The second-order valence-corrected chi connectivity index (χ2v) is 4.21. The Morgan fingerprint density at radius 1 is 1.42 bits per heavy atom. The van der Waals surface area contributed by atoms with E-state index in [9.17, 15) is 9.59 Å². The average molecular weight is 281 g/mol. The second kappa shape index (κ2) is 6.69. The molecule has 0 unspecified atom stereocenters. The summed E-state index contributed by atoms with van der Waals surface area (Å²) >= 11 is 4.62. The lowest BCUT2D eigenvalue weighted by molar-refractivity contribution is -0.137. The molecule has 0 radical (unpaired) electrons. The Morgan fingerprint density at radius 3 is 2.63 bits per heavy atom. The highest BCUT2D eigenvalue weighted by molar-refractivity contribution is 7.80. The number of nitrogens with one attached hydrogen (secondary N) is 1. The number of anilines is 1. The van der Waals surface area contributed by atoms with Crippen molar-refractivity contribution in [1.29, 1.82) is 0 Å². The molecule has 1 aromatic carbocycles.